The van der Waals surface area contributed by atoms with Gasteiger partial charge in [-0.15, -0.1) is 0 Å². The Balaban J connectivity index is 1.49. The monoisotopic (exact) mass is 593 g/mol. The quantitative estimate of drug-likeness (QED) is 0.229. The summed E-state index contributed by atoms with van der Waals surface area (Å²) >= 11 is 1.29. The summed E-state index contributed by atoms with van der Waals surface area (Å²) in [6, 6.07) is 23.1. The fourth-order valence-electron chi connectivity index (χ4n) is 5.43. The number of rotatable bonds is 9. The minimum atomic E-state index is -0.750. The molecule has 8 nitrogen and oxygen atoms in total. The molecule has 2 aromatic heterocycles. The van der Waals surface area contributed by atoms with E-state index >= 15 is 0 Å². The van der Waals surface area contributed by atoms with Gasteiger partial charge in [-0.05, 0) is 49.2 Å². The van der Waals surface area contributed by atoms with Crippen molar-refractivity contribution in [3.05, 3.63) is 127 Å². The summed E-state index contributed by atoms with van der Waals surface area (Å²) in [7, 11) is 1.32. The van der Waals surface area contributed by atoms with Gasteiger partial charge in [0.2, 0.25) is 0 Å². The Morgan fingerprint density at radius 3 is 2.49 bits per heavy atom. The maximum Gasteiger partial charge on any atom is 0.337 e. The van der Waals surface area contributed by atoms with Gasteiger partial charge in [-0.1, -0.05) is 65.9 Å². The Kier molecular flexibility index (Phi) is 7.98. The molecule has 0 radical (unpaired) electrons. The molecule has 0 saturated heterocycles. The number of fused-ring (bicyclic) bond motifs is 2. The number of carbonyl (C=O) groups excluding carboxylic acids is 1. The molecule has 6 rings (SSSR count). The predicted octanol–water partition coefficient (Wildman–Crippen LogP) is 4.82. The molecule has 9 heteroatoms. The number of nitrogens with zero attached hydrogens (tertiary/aromatic N) is 3. The number of hydrogen-bond acceptors (Lipinski definition) is 7. The highest BCUT2D eigenvalue weighted by molar-refractivity contribution is 7.07. The average Bonchev–Trinajstić information content (AvgIpc) is 3.54. The molecule has 3 aromatic carbocycles. The first kappa shape index (κ1) is 28.2. The van der Waals surface area contributed by atoms with Crippen LogP contribution in [-0.4, -0.2) is 35.4 Å². The Morgan fingerprint density at radius 1 is 0.977 bits per heavy atom. The number of para-hydroxylation sites is 1. The van der Waals surface area contributed by atoms with Crippen molar-refractivity contribution in [2.75, 3.05) is 20.3 Å². The van der Waals surface area contributed by atoms with E-state index in [1.807, 2.05) is 62.4 Å². The van der Waals surface area contributed by atoms with Crippen LogP contribution in [0.25, 0.3) is 17.0 Å². The zero-order valence-electron chi connectivity index (χ0n) is 24.2. The van der Waals surface area contributed by atoms with Crippen molar-refractivity contribution in [3.8, 4) is 11.5 Å². The van der Waals surface area contributed by atoms with Crippen molar-refractivity contribution >= 4 is 34.3 Å². The number of hydrogen-bond donors (Lipinski definition) is 0. The third-order valence-corrected chi connectivity index (χ3v) is 8.31. The third-order valence-electron chi connectivity index (χ3n) is 7.31. The lowest BCUT2D eigenvalue weighted by atomic mass is 9.97. The molecule has 218 valence electrons. The highest BCUT2D eigenvalue weighted by Crippen LogP contribution is 2.35. The number of esters is 1. The fourth-order valence-corrected chi connectivity index (χ4v) is 6.39. The Morgan fingerprint density at radius 2 is 1.72 bits per heavy atom. The summed E-state index contributed by atoms with van der Waals surface area (Å²) < 4.78 is 21.0. The SMILES string of the molecule is CCOc1ccc([C@H]2C(C(=O)OC)=CN=c3s/c(=C/c4cn(Cc5ccccc5)c5ccccc45)c(=O)n32)cc1OCC. The summed E-state index contributed by atoms with van der Waals surface area (Å²) in [5.41, 5.74) is 3.90. The van der Waals surface area contributed by atoms with E-state index in [2.05, 4.69) is 40.0 Å². The highest BCUT2D eigenvalue weighted by Gasteiger charge is 2.31. The van der Waals surface area contributed by atoms with Crippen LogP contribution in [0.15, 0.2) is 101 Å². The van der Waals surface area contributed by atoms with Gasteiger partial charge in [0.25, 0.3) is 5.56 Å². The molecule has 1 aliphatic heterocycles. The largest absolute Gasteiger partial charge is 0.490 e. The Bertz CT molecular complexity index is 2020. The molecule has 3 heterocycles. The smallest absolute Gasteiger partial charge is 0.337 e. The summed E-state index contributed by atoms with van der Waals surface area (Å²) in [5, 5.41) is 1.05. The first-order valence-corrected chi connectivity index (χ1v) is 14.9. The lowest BCUT2D eigenvalue weighted by Gasteiger charge is -2.23. The zero-order chi connectivity index (χ0) is 29.9. The molecular weight excluding hydrogens is 562 g/mol. The van der Waals surface area contributed by atoms with Gasteiger partial charge in [0.05, 0.1) is 36.5 Å². The topological polar surface area (TPSA) is 84.0 Å². The van der Waals surface area contributed by atoms with Gasteiger partial charge in [0, 0.05) is 35.4 Å². The van der Waals surface area contributed by atoms with E-state index in [0.29, 0.717) is 46.2 Å². The van der Waals surface area contributed by atoms with Crippen LogP contribution in [0.4, 0.5) is 0 Å². The predicted molar refractivity (Wildman–Crippen MR) is 167 cm³/mol. The second-order valence-corrected chi connectivity index (χ2v) is 11.0. The van der Waals surface area contributed by atoms with Crippen LogP contribution in [-0.2, 0) is 16.1 Å². The normalized spacial score (nSPS) is 14.6. The Labute approximate surface area is 252 Å². The number of aromatic nitrogens is 2. The van der Waals surface area contributed by atoms with Crippen LogP contribution in [0.5, 0.6) is 11.5 Å². The van der Waals surface area contributed by atoms with Crippen LogP contribution in [0.2, 0.25) is 0 Å². The first-order valence-electron chi connectivity index (χ1n) is 14.1. The maximum atomic E-state index is 14.1. The van der Waals surface area contributed by atoms with Gasteiger partial charge >= 0.3 is 5.97 Å². The zero-order valence-corrected chi connectivity index (χ0v) is 25.0. The summed E-state index contributed by atoms with van der Waals surface area (Å²) in [4.78, 5) is 32.0. The van der Waals surface area contributed by atoms with Crippen molar-refractivity contribution in [1.29, 1.82) is 0 Å². The standard InChI is InChI=1S/C34H31N3O5S/c1-4-41-28-16-15-23(17-29(28)42-5-2)31-26(33(39)40-3)19-35-34-37(31)32(38)30(43-34)18-24-21-36(20-22-11-7-6-8-12-22)27-14-10-9-13-25(24)27/h6-19,21,31H,4-5,20H2,1-3H3/b30-18+/t31-/m0/s1. The maximum absolute atomic E-state index is 14.1. The molecule has 0 bridgehead atoms. The van der Waals surface area contributed by atoms with Crippen LogP contribution in [0, 0.1) is 0 Å². The number of methoxy groups -OCH3 is 1. The fraction of sp³-hybridized carbons (Fsp3) is 0.206. The Hall–Kier alpha value is -4.89. The van der Waals surface area contributed by atoms with Gasteiger partial charge < -0.3 is 18.8 Å². The van der Waals surface area contributed by atoms with Gasteiger partial charge in [-0.2, -0.15) is 0 Å². The van der Waals surface area contributed by atoms with E-state index in [0.717, 1.165) is 16.5 Å². The molecule has 1 aliphatic rings. The molecular formula is C34H31N3O5S. The molecule has 0 N–H and O–H groups in total. The number of thiazole rings is 1. The third kappa shape index (κ3) is 5.39. The average molecular weight is 594 g/mol. The highest BCUT2D eigenvalue weighted by atomic mass is 32.1. The van der Waals surface area contributed by atoms with Crippen LogP contribution in [0.1, 0.15) is 36.6 Å². The van der Waals surface area contributed by atoms with Crippen LogP contribution < -0.4 is 24.4 Å². The van der Waals surface area contributed by atoms with Crippen LogP contribution >= 0.6 is 11.3 Å². The first-order chi connectivity index (χ1) is 21.0. The summed E-state index contributed by atoms with van der Waals surface area (Å²) in [6.45, 7) is 5.41. The lowest BCUT2D eigenvalue weighted by Crippen LogP contribution is -2.39. The van der Waals surface area contributed by atoms with E-state index in [1.54, 1.807) is 10.6 Å². The van der Waals surface area contributed by atoms with Crippen LogP contribution in [0.3, 0.4) is 0 Å². The summed E-state index contributed by atoms with van der Waals surface area (Å²) in [6.07, 6.45) is 5.48. The van der Waals surface area contributed by atoms with Crippen molar-refractivity contribution < 1.29 is 19.0 Å². The van der Waals surface area contributed by atoms with E-state index in [-0.39, 0.29) is 11.1 Å². The van der Waals surface area contributed by atoms with E-state index in [9.17, 15) is 9.59 Å². The molecule has 0 saturated carbocycles. The number of carbonyl (C=O) groups is 1. The second-order valence-electron chi connectivity index (χ2n) is 9.96. The minimum Gasteiger partial charge on any atom is -0.490 e. The molecule has 0 fully saturated rings. The lowest BCUT2D eigenvalue weighted by molar-refractivity contribution is -0.136. The van der Waals surface area contributed by atoms with E-state index in [4.69, 9.17) is 14.2 Å². The van der Waals surface area contributed by atoms with Gasteiger partial charge in [-0.25, -0.2) is 9.79 Å². The van der Waals surface area contributed by atoms with Crippen molar-refractivity contribution in [1.82, 2.24) is 9.13 Å². The van der Waals surface area contributed by atoms with Crippen molar-refractivity contribution in [3.63, 3.8) is 0 Å². The molecule has 0 amide bonds. The molecule has 1 atom stereocenters. The van der Waals surface area contributed by atoms with Gasteiger partial charge in [-0.3, -0.25) is 9.36 Å². The van der Waals surface area contributed by atoms with E-state index in [1.165, 1.54) is 30.2 Å². The van der Waals surface area contributed by atoms with Crippen molar-refractivity contribution in [2.24, 2.45) is 4.99 Å². The summed E-state index contributed by atoms with van der Waals surface area (Å²) in [5.74, 6) is 0.575. The molecule has 0 aliphatic carbocycles. The number of ether oxygens (including phenoxy) is 3. The minimum absolute atomic E-state index is 0.241. The second kappa shape index (κ2) is 12.1. The van der Waals surface area contributed by atoms with Gasteiger partial charge in [0.15, 0.2) is 16.3 Å². The molecule has 5 aromatic rings. The number of benzene rings is 3. The molecule has 43 heavy (non-hydrogen) atoms. The van der Waals surface area contributed by atoms with E-state index < -0.39 is 12.0 Å². The van der Waals surface area contributed by atoms with Crippen molar-refractivity contribution in [2.45, 2.75) is 26.4 Å². The molecule has 0 spiro atoms. The molecule has 0 unspecified atom stereocenters. The van der Waals surface area contributed by atoms with Gasteiger partial charge in [0.1, 0.15) is 0 Å².